The second kappa shape index (κ2) is 12.4. The molecule has 3 N–H and O–H groups in total. The molecule has 0 saturated carbocycles. The molecule has 3 aromatic rings. The topological polar surface area (TPSA) is 114 Å². The van der Waals surface area contributed by atoms with Crippen molar-refractivity contribution in [2.75, 3.05) is 27.3 Å². The summed E-state index contributed by atoms with van der Waals surface area (Å²) in [6, 6.07) is 20.4. The third kappa shape index (κ3) is 7.23. The van der Waals surface area contributed by atoms with E-state index in [1.165, 1.54) is 12.7 Å². The average Bonchev–Trinajstić information content (AvgIpc) is 3.44. The second-order valence-electron chi connectivity index (χ2n) is 8.33. The molecule has 1 aliphatic heterocycles. The molecule has 0 saturated heterocycles. The first kappa shape index (κ1) is 25.6. The predicted molar refractivity (Wildman–Crippen MR) is 141 cm³/mol. The molecule has 0 aromatic heterocycles. The van der Waals surface area contributed by atoms with Crippen molar-refractivity contribution in [2.24, 2.45) is 4.99 Å². The standard InChI is InChI=1S/C28H30N4O5/c1-34-23-10-7-21(8-11-23)18-37-28(33)32-27(29)22-9-12-24(25(16-22)35-2)36-17-20-5-3-19(4-6-20)15-26-30-13-14-31-26/h3-12,16H,13-15,17-18H2,1-2H3,(H,30,31)(H2,29,32,33). The van der Waals surface area contributed by atoms with Crippen molar-refractivity contribution >= 4 is 17.8 Å². The number of methoxy groups -OCH3 is 2. The fourth-order valence-electron chi connectivity index (χ4n) is 3.70. The number of carbonyl (C=O) groups excluding carboxylic acids is 1. The summed E-state index contributed by atoms with van der Waals surface area (Å²) in [5.41, 5.74) is 3.47. The van der Waals surface area contributed by atoms with Crippen LogP contribution in [0.4, 0.5) is 4.79 Å². The Morgan fingerprint density at radius 3 is 2.30 bits per heavy atom. The van der Waals surface area contributed by atoms with E-state index in [0.29, 0.717) is 23.7 Å². The summed E-state index contributed by atoms with van der Waals surface area (Å²) >= 11 is 0. The van der Waals surface area contributed by atoms with Gasteiger partial charge in [-0.2, -0.15) is 0 Å². The number of nitrogens with zero attached hydrogens (tertiary/aromatic N) is 1. The zero-order chi connectivity index (χ0) is 26.0. The Morgan fingerprint density at radius 2 is 1.62 bits per heavy atom. The molecule has 0 fully saturated rings. The normalized spacial score (nSPS) is 12.2. The van der Waals surface area contributed by atoms with Crippen LogP contribution in [-0.2, 0) is 24.4 Å². The molecule has 0 aliphatic carbocycles. The number of carbonyl (C=O) groups is 1. The Morgan fingerprint density at radius 1 is 0.919 bits per heavy atom. The van der Waals surface area contributed by atoms with Gasteiger partial charge in [0.15, 0.2) is 11.5 Å². The highest BCUT2D eigenvalue weighted by molar-refractivity contribution is 6.04. The van der Waals surface area contributed by atoms with E-state index in [0.717, 1.165) is 42.2 Å². The van der Waals surface area contributed by atoms with Crippen LogP contribution in [0.15, 0.2) is 71.7 Å². The van der Waals surface area contributed by atoms with E-state index in [4.69, 9.17) is 24.4 Å². The van der Waals surface area contributed by atoms with Crippen molar-refractivity contribution < 1.29 is 23.7 Å². The number of ether oxygens (including phenoxy) is 4. The number of hydrogen-bond donors (Lipinski definition) is 3. The zero-order valence-electron chi connectivity index (χ0n) is 20.9. The lowest BCUT2D eigenvalue weighted by atomic mass is 10.1. The quantitative estimate of drug-likeness (QED) is 0.284. The maximum atomic E-state index is 12.2. The number of aliphatic imine (C=N–C) groups is 1. The summed E-state index contributed by atoms with van der Waals surface area (Å²) < 4.78 is 21.7. The molecule has 3 aromatic carbocycles. The SMILES string of the molecule is COc1ccc(COC(=O)NC(=N)c2ccc(OCc3ccc(CC4=NCCN4)cc3)c(OC)c2)cc1. The average molecular weight is 503 g/mol. The fourth-order valence-corrected chi connectivity index (χ4v) is 3.70. The number of hydrogen-bond acceptors (Lipinski definition) is 8. The molecule has 0 spiro atoms. The molecular weight excluding hydrogens is 472 g/mol. The lowest BCUT2D eigenvalue weighted by Gasteiger charge is -2.14. The summed E-state index contributed by atoms with van der Waals surface area (Å²) in [6.07, 6.45) is 0.0742. The Hall–Kier alpha value is -4.53. The summed E-state index contributed by atoms with van der Waals surface area (Å²) in [5, 5.41) is 14.0. The number of nitrogens with one attached hydrogen (secondary N) is 3. The van der Waals surface area contributed by atoms with Crippen LogP contribution in [0.3, 0.4) is 0 Å². The van der Waals surface area contributed by atoms with Gasteiger partial charge in [-0.25, -0.2) is 4.79 Å². The van der Waals surface area contributed by atoms with Crippen LogP contribution in [0, 0.1) is 5.41 Å². The minimum Gasteiger partial charge on any atom is -0.497 e. The Labute approximate surface area is 215 Å². The third-order valence-corrected chi connectivity index (χ3v) is 5.74. The molecular formula is C28H30N4O5. The molecule has 1 amide bonds. The minimum atomic E-state index is -0.723. The van der Waals surface area contributed by atoms with Crippen LogP contribution < -0.4 is 24.8 Å². The molecule has 9 nitrogen and oxygen atoms in total. The molecule has 4 rings (SSSR count). The number of benzene rings is 3. The van der Waals surface area contributed by atoms with Crippen LogP contribution >= 0.6 is 0 Å². The smallest absolute Gasteiger partial charge is 0.413 e. The number of amidine groups is 2. The summed E-state index contributed by atoms with van der Waals surface area (Å²) in [7, 11) is 3.11. The van der Waals surface area contributed by atoms with Crippen LogP contribution in [0.2, 0.25) is 0 Å². The number of amides is 1. The highest BCUT2D eigenvalue weighted by Gasteiger charge is 2.13. The van der Waals surface area contributed by atoms with Crippen LogP contribution in [0.1, 0.15) is 22.3 Å². The lowest BCUT2D eigenvalue weighted by molar-refractivity contribution is 0.145. The van der Waals surface area contributed by atoms with Crippen molar-refractivity contribution in [3.05, 3.63) is 89.0 Å². The Balaban J connectivity index is 1.28. The first-order valence-corrected chi connectivity index (χ1v) is 11.9. The fraction of sp³-hybridized carbons (Fsp3) is 0.250. The van der Waals surface area contributed by atoms with Crippen molar-refractivity contribution in [1.82, 2.24) is 10.6 Å². The molecule has 0 bridgehead atoms. The van der Waals surface area contributed by atoms with Gasteiger partial charge in [0, 0.05) is 18.5 Å². The van der Waals surface area contributed by atoms with Gasteiger partial charge in [0.05, 0.1) is 20.8 Å². The third-order valence-electron chi connectivity index (χ3n) is 5.74. The lowest BCUT2D eigenvalue weighted by Crippen LogP contribution is -2.31. The van der Waals surface area contributed by atoms with Gasteiger partial charge in [0.25, 0.3) is 0 Å². The van der Waals surface area contributed by atoms with Gasteiger partial charge in [-0.15, -0.1) is 0 Å². The van der Waals surface area contributed by atoms with Gasteiger partial charge in [0.2, 0.25) is 0 Å². The van der Waals surface area contributed by atoms with Crippen LogP contribution in [0.5, 0.6) is 17.2 Å². The number of alkyl carbamates (subject to hydrolysis) is 1. The summed E-state index contributed by atoms with van der Waals surface area (Å²) in [5.74, 6) is 2.63. The second-order valence-corrected chi connectivity index (χ2v) is 8.33. The Bertz CT molecular complexity index is 1260. The van der Waals surface area contributed by atoms with Gasteiger partial charge in [-0.3, -0.25) is 15.7 Å². The first-order chi connectivity index (χ1) is 18.0. The van der Waals surface area contributed by atoms with E-state index < -0.39 is 6.09 Å². The van der Waals surface area contributed by atoms with Gasteiger partial charge in [-0.1, -0.05) is 36.4 Å². The molecule has 1 aliphatic rings. The maximum Gasteiger partial charge on any atom is 0.413 e. The van der Waals surface area contributed by atoms with Crippen molar-refractivity contribution in [3.63, 3.8) is 0 Å². The molecule has 192 valence electrons. The van der Waals surface area contributed by atoms with E-state index in [2.05, 4.69) is 27.8 Å². The van der Waals surface area contributed by atoms with E-state index in [1.54, 1.807) is 49.6 Å². The molecule has 0 atom stereocenters. The van der Waals surface area contributed by atoms with E-state index in [-0.39, 0.29) is 12.4 Å². The molecule has 0 radical (unpaired) electrons. The molecule has 1 heterocycles. The van der Waals surface area contributed by atoms with Gasteiger partial charge in [0.1, 0.15) is 30.6 Å². The summed E-state index contributed by atoms with van der Waals surface area (Å²) in [6.45, 7) is 2.19. The largest absolute Gasteiger partial charge is 0.497 e. The summed E-state index contributed by atoms with van der Waals surface area (Å²) in [4.78, 5) is 16.6. The van der Waals surface area contributed by atoms with Gasteiger partial charge < -0.3 is 24.3 Å². The molecule has 0 unspecified atom stereocenters. The molecule has 9 heteroatoms. The predicted octanol–water partition coefficient (Wildman–Crippen LogP) is 4.08. The van der Waals surface area contributed by atoms with E-state index in [9.17, 15) is 4.79 Å². The van der Waals surface area contributed by atoms with Crippen molar-refractivity contribution in [2.45, 2.75) is 19.6 Å². The monoisotopic (exact) mass is 502 g/mol. The highest BCUT2D eigenvalue weighted by atomic mass is 16.5. The van der Waals surface area contributed by atoms with Crippen molar-refractivity contribution in [1.29, 1.82) is 5.41 Å². The highest BCUT2D eigenvalue weighted by Crippen LogP contribution is 2.29. The Kier molecular flexibility index (Phi) is 8.59. The maximum absolute atomic E-state index is 12.2. The van der Waals surface area contributed by atoms with Gasteiger partial charge >= 0.3 is 6.09 Å². The first-order valence-electron chi connectivity index (χ1n) is 11.9. The van der Waals surface area contributed by atoms with E-state index in [1.807, 2.05) is 12.1 Å². The zero-order valence-corrected chi connectivity index (χ0v) is 20.9. The number of rotatable bonds is 10. The van der Waals surface area contributed by atoms with Gasteiger partial charge in [-0.05, 0) is 47.0 Å². The van der Waals surface area contributed by atoms with Crippen LogP contribution in [-0.4, -0.2) is 45.1 Å². The molecule has 37 heavy (non-hydrogen) atoms. The van der Waals surface area contributed by atoms with Crippen molar-refractivity contribution in [3.8, 4) is 17.2 Å². The van der Waals surface area contributed by atoms with E-state index >= 15 is 0 Å². The minimum absolute atomic E-state index is 0.0752. The van der Waals surface area contributed by atoms with Crippen LogP contribution in [0.25, 0.3) is 0 Å².